The van der Waals surface area contributed by atoms with Gasteiger partial charge >= 0.3 is 0 Å². The highest BCUT2D eigenvalue weighted by molar-refractivity contribution is 7.87. The molecule has 2 rings (SSSR count). The maximum atomic E-state index is 12.1. The molecule has 0 atom stereocenters. The van der Waals surface area contributed by atoms with Crippen LogP contribution in [0.25, 0.3) is 0 Å². The Balaban J connectivity index is 1.99. The number of nitrogens with one attached hydrogen (secondary N) is 1. The molecular formula is C13H22N4O2S. The van der Waals surface area contributed by atoms with E-state index >= 15 is 0 Å². The number of hydrogen-bond donors (Lipinski definition) is 2. The van der Waals surface area contributed by atoms with Crippen molar-refractivity contribution in [2.24, 2.45) is 0 Å². The maximum Gasteiger partial charge on any atom is 0.279 e. The van der Waals surface area contributed by atoms with Gasteiger partial charge in [0.25, 0.3) is 10.2 Å². The van der Waals surface area contributed by atoms with Crippen LogP contribution < -0.4 is 15.4 Å². The van der Waals surface area contributed by atoms with Gasteiger partial charge in [0.1, 0.15) is 0 Å². The Kier molecular flexibility index (Phi) is 4.52. The van der Waals surface area contributed by atoms with Crippen molar-refractivity contribution < 1.29 is 8.42 Å². The fourth-order valence-electron chi connectivity index (χ4n) is 2.28. The minimum Gasteiger partial charge on any atom is -0.399 e. The monoisotopic (exact) mass is 298 g/mol. The molecule has 1 aromatic carbocycles. The number of benzene rings is 1. The second kappa shape index (κ2) is 5.99. The third-order valence-corrected chi connectivity index (χ3v) is 5.01. The van der Waals surface area contributed by atoms with Crippen molar-refractivity contribution in [1.82, 2.24) is 9.03 Å². The lowest BCUT2D eigenvalue weighted by Crippen LogP contribution is -2.53. The Morgan fingerprint density at radius 3 is 2.40 bits per heavy atom. The summed E-state index contributed by atoms with van der Waals surface area (Å²) in [5, 5.41) is 0. The van der Waals surface area contributed by atoms with Gasteiger partial charge in [-0.1, -0.05) is 6.07 Å². The van der Waals surface area contributed by atoms with Crippen LogP contribution in [0.15, 0.2) is 24.3 Å². The predicted molar refractivity (Wildman–Crippen MR) is 81.8 cm³/mol. The van der Waals surface area contributed by atoms with Gasteiger partial charge in [-0.3, -0.25) is 0 Å². The molecule has 0 unspecified atom stereocenters. The highest BCUT2D eigenvalue weighted by atomic mass is 32.2. The van der Waals surface area contributed by atoms with Gasteiger partial charge < -0.3 is 10.6 Å². The molecule has 7 heteroatoms. The zero-order valence-corrected chi connectivity index (χ0v) is 12.7. The standard InChI is InChI=1S/C13H22N4O2S/c1-11(2)15-20(18,19)17-8-6-16(7-9-17)13-5-3-4-12(14)10-13/h3-5,10-11,15H,6-9,14H2,1-2H3. The summed E-state index contributed by atoms with van der Waals surface area (Å²) in [5.74, 6) is 0. The Hall–Kier alpha value is -1.31. The minimum absolute atomic E-state index is 0.0908. The number of piperazine rings is 1. The van der Waals surface area contributed by atoms with E-state index in [2.05, 4.69) is 9.62 Å². The molecule has 0 aliphatic carbocycles. The molecule has 0 spiro atoms. The molecule has 0 bridgehead atoms. The molecule has 6 nitrogen and oxygen atoms in total. The molecule has 0 saturated carbocycles. The highest BCUT2D eigenvalue weighted by Gasteiger charge is 2.27. The van der Waals surface area contributed by atoms with Gasteiger partial charge in [0.15, 0.2) is 0 Å². The van der Waals surface area contributed by atoms with Crippen molar-refractivity contribution in [1.29, 1.82) is 0 Å². The van der Waals surface area contributed by atoms with Crippen LogP contribution in [0.1, 0.15) is 13.8 Å². The zero-order chi connectivity index (χ0) is 14.8. The van der Waals surface area contributed by atoms with Crippen LogP contribution in [0, 0.1) is 0 Å². The third kappa shape index (κ3) is 3.62. The van der Waals surface area contributed by atoms with Gasteiger partial charge in [0.2, 0.25) is 0 Å². The number of nitrogen functional groups attached to an aromatic ring is 1. The van der Waals surface area contributed by atoms with Crippen LogP contribution in [-0.2, 0) is 10.2 Å². The fraction of sp³-hybridized carbons (Fsp3) is 0.538. The fourth-order valence-corrected chi connectivity index (χ4v) is 3.67. The smallest absolute Gasteiger partial charge is 0.279 e. The van der Waals surface area contributed by atoms with Gasteiger partial charge in [0, 0.05) is 43.6 Å². The summed E-state index contributed by atoms with van der Waals surface area (Å²) in [4.78, 5) is 2.15. The Morgan fingerprint density at radius 1 is 1.20 bits per heavy atom. The van der Waals surface area contributed by atoms with Gasteiger partial charge in [-0.25, -0.2) is 0 Å². The van der Waals surface area contributed by atoms with Crippen molar-refractivity contribution in [3.8, 4) is 0 Å². The van der Waals surface area contributed by atoms with E-state index in [1.165, 1.54) is 4.31 Å². The molecule has 1 fully saturated rings. The number of anilines is 2. The molecule has 3 N–H and O–H groups in total. The van der Waals surface area contributed by atoms with Crippen molar-refractivity contribution in [2.45, 2.75) is 19.9 Å². The quantitative estimate of drug-likeness (QED) is 0.799. The molecule has 1 aliphatic heterocycles. The average Bonchev–Trinajstić information content (AvgIpc) is 2.37. The summed E-state index contributed by atoms with van der Waals surface area (Å²) in [6.45, 7) is 5.94. The summed E-state index contributed by atoms with van der Waals surface area (Å²) in [7, 11) is -3.36. The second-order valence-corrected chi connectivity index (χ2v) is 6.96. The number of rotatable bonds is 4. The first-order valence-electron chi connectivity index (χ1n) is 6.76. The molecule has 112 valence electrons. The lowest BCUT2D eigenvalue weighted by molar-refractivity contribution is 0.376. The van der Waals surface area contributed by atoms with E-state index < -0.39 is 10.2 Å². The Labute approximate surface area is 120 Å². The average molecular weight is 298 g/mol. The van der Waals surface area contributed by atoms with E-state index in [4.69, 9.17) is 5.73 Å². The predicted octanol–water partition coefficient (Wildman–Crippen LogP) is 0.634. The van der Waals surface area contributed by atoms with E-state index in [-0.39, 0.29) is 6.04 Å². The van der Waals surface area contributed by atoms with Crippen LogP contribution in [0.4, 0.5) is 11.4 Å². The first-order chi connectivity index (χ1) is 9.38. The molecule has 0 aromatic heterocycles. The molecule has 1 aromatic rings. The first-order valence-corrected chi connectivity index (χ1v) is 8.20. The molecule has 1 saturated heterocycles. The normalized spacial score (nSPS) is 17.6. The highest BCUT2D eigenvalue weighted by Crippen LogP contribution is 2.19. The van der Waals surface area contributed by atoms with Crippen molar-refractivity contribution >= 4 is 21.6 Å². The van der Waals surface area contributed by atoms with Crippen LogP contribution in [0.2, 0.25) is 0 Å². The van der Waals surface area contributed by atoms with Gasteiger partial charge in [-0.15, -0.1) is 0 Å². The third-order valence-electron chi connectivity index (χ3n) is 3.20. The van der Waals surface area contributed by atoms with Crippen LogP contribution in [0.3, 0.4) is 0 Å². The van der Waals surface area contributed by atoms with Crippen LogP contribution in [0.5, 0.6) is 0 Å². The summed E-state index contributed by atoms with van der Waals surface area (Å²) < 4.78 is 28.2. The summed E-state index contributed by atoms with van der Waals surface area (Å²) in [6.07, 6.45) is 0. The van der Waals surface area contributed by atoms with Gasteiger partial charge in [-0.2, -0.15) is 17.4 Å². The van der Waals surface area contributed by atoms with Crippen LogP contribution in [-0.4, -0.2) is 44.9 Å². The summed E-state index contributed by atoms with van der Waals surface area (Å²) in [5.41, 5.74) is 7.54. The van der Waals surface area contributed by atoms with E-state index in [1.54, 1.807) is 0 Å². The molecular weight excluding hydrogens is 276 g/mol. The Morgan fingerprint density at radius 2 is 1.85 bits per heavy atom. The molecule has 1 heterocycles. The first kappa shape index (κ1) is 15.1. The van der Waals surface area contributed by atoms with E-state index in [1.807, 2.05) is 38.1 Å². The maximum absolute atomic E-state index is 12.1. The molecule has 1 aliphatic rings. The summed E-state index contributed by atoms with van der Waals surface area (Å²) in [6, 6.07) is 7.57. The topological polar surface area (TPSA) is 78.7 Å². The van der Waals surface area contributed by atoms with Crippen molar-refractivity contribution in [3.63, 3.8) is 0 Å². The largest absolute Gasteiger partial charge is 0.399 e. The number of nitrogens with two attached hydrogens (primary N) is 1. The molecule has 0 amide bonds. The van der Waals surface area contributed by atoms with E-state index in [9.17, 15) is 8.42 Å². The lowest BCUT2D eigenvalue weighted by Gasteiger charge is -2.35. The van der Waals surface area contributed by atoms with E-state index in [0.29, 0.717) is 26.2 Å². The second-order valence-electron chi connectivity index (χ2n) is 5.26. The van der Waals surface area contributed by atoms with Gasteiger partial charge in [0.05, 0.1) is 0 Å². The van der Waals surface area contributed by atoms with Crippen LogP contribution >= 0.6 is 0 Å². The minimum atomic E-state index is -3.36. The zero-order valence-electron chi connectivity index (χ0n) is 11.9. The summed E-state index contributed by atoms with van der Waals surface area (Å²) >= 11 is 0. The lowest BCUT2D eigenvalue weighted by atomic mass is 10.2. The van der Waals surface area contributed by atoms with Crippen molar-refractivity contribution in [3.05, 3.63) is 24.3 Å². The van der Waals surface area contributed by atoms with E-state index in [0.717, 1.165) is 11.4 Å². The number of hydrogen-bond acceptors (Lipinski definition) is 4. The SMILES string of the molecule is CC(C)NS(=O)(=O)N1CCN(c2cccc(N)c2)CC1. The van der Waals surface area contributed by atoms with Crippen molar-refractivity contribution in [2.75, 3.05) is 36.8 Å². The number of nitrogens with zero attached hydrogens (tertiary/aromatic N) is 2. The molecule has 0 radical (unpaired) electrons. The Bertz CT molecular complexity index is 551. The van der Waals surface area contributed by atoms with Gasteiger partial charge in [-0.05, 0) is 32.0 Å². The molecule has 20 heavy (non-hydrogen) atoms.